The molecule has 0 radical (unpaired) electrons. The third-order valence-corrected chi connectivity index (χ3v) is 2.93. The van der Waals surface area contributed by atoms with Gasteiger partial charge in [0.05, 0.1) is 17.4 Å². The van der Waals surface area contributed by atoms with Gasteiger partial charge in [-0.15, -0.1) is 0 Å². The Kier molecular flexibility index (Phi) is 6.80. The minimum Gasteiger partial charge on any atom is -0.462 e. The Hall–Kier alpha value is -1.83. The number of nitrogens with one attached hydrogen (secondary N) is 1. The van der Waals surface area contributed by atoms with Gasteiger partial charge in [0.1, 0.15) is 5.60 Å². The molecule has 1 aliphatic rings. The van der Waals surface area contributed by atoms with Crippen molar-refractivity contribution in [2.45, 2.75) is 32.5 Å². The minimum atomic E-state index is -4.32. The van der Waals surface area contributed by atoms with E-state index in [1.165, 1.54) is 6.20 Å². The fourth-order valence-electron chi connectivity index (χ4n) is 1.82. The van der Waals surface area contributed by atoms with Crippen LogP contribution in [0.5, 0.6) is 0 Å². The van der Waals surface area contributed by atoms with E-state index in [0.29, 0.717) is 25.2 Å². The fourth-order valence-corrected chi connectivity index (χ4v) is 1.82. The smallest absolute Gasteiger partial charge is 0.417 e. The molecule has 0 atom stereocenters. The van der Waals surface area contributed by atoms with Gasteiger partial charge in [-0.1, -0.05) is 0 Å². The number of pyridine rings is 1. The normalized spacial score (nSPS) is 15.5. The summed E-state index contributed by atoms with van der Waals surface area (Å²) in [4.78, 5) is 15.1. The second-order valence-electron chi connectivity index (χ2n) is 5.99. The molecule has 0 amide bonds. The summed E-state index contributed by atoms with van der Waals surface area (Å²) in [5.41, 5.74) is -0.471. The largest absolute Gasteiger partial charge is 0.462 e. The number of aromatic nitrogens is 1. The van der Waals surface area contributed by atoms with Gasteiger partial charge in [-0.3, -0.25) is 9.78 Å². The minimum absolute atomic E-state index is 0.318. The summed E-state index contributed by atoms with van der Waals surface area (Å²) in [6.07, 6.45) is -2.00. The lowest BCUT2D eigenvalue weighted by atomic mass is 10.2. The van der Waals surface area contributed by atoms with Gasteiger partial charge < -0.3 is 15.0 Å². The second-order valence-corrected chi connectivity index (χ2v) is 5.99. The van der Waals surface area contributed by atoms with E-state index in [9.17, 15) is 18.0 Å². The zero-order chi connectivity index (χ0) is 17.5. The molecule has 1 saturated heterocycles. The van der Waals surface area contributed by atoms with Gasteiger partial charge in [0.25, 0.3) is 6.47 Å². The van der Waals surface area contributed by atoms with Crippen molar-refractivity contribution in [3.05, 3.63) is 24.0 Å². The van der Waals surface area contributed by atoms with Crippen LogP contribution in [0.25, 0.3) is 0 Å². The highest BCUT2D eigenvalue weighted by Crippen LogP contribution is 2.30. The van der Waals surface area contributed by atoms with Crippen molar-refractivity contribution in [1.29, 1.82) is 0 Å². The summed E-state index contributed by atoms with van der Waals surface area (Å²) in [6.45, 7) is 8.92. The van der Waals surface area contributed by atoms with E-state index in [2.05, 4.69) is 15.0 Å². The van der Waals surface area contributed by atoms with Crippen molar-refractivity contribution in [2.75, 3.05) is 31.1 Å². The molecule has 130 valence electrons. The molecule has 2 heterocycles. The second kappa shape index (κ2) is 8.14. The fraction of sp³-hybridized carbons (Fsp3) is 0.600. The molecule has 1 aliphatic heterocycles. The van der Waals surface area contributed by atoms with Crippen LogP contribution in [0, 0.1) is 0 Å². The Morgan fingerprint density at radius 1 is 1.22 bits per heavy atom. The standard InChI is InChI=1S/C10H12F3N3.C5H10O2/c11-10(12,13)8-5-9(7-15-6-8)16-3-1-14-2-4-16;1-5(2,3)7-4-6/h5-7,14H,1-4H2;4H,1-3H3. The SMILES string of the molecule is CC(C)(C)OC=O.FC(F)(F)c1cncc(N2CCNCC2)c1. The third kappa shape index (κ3) is 7.32. The van der Waals surface area contributed by atoms with Crippen molar-refractivity contribution in [1.82, 2.24) is 10.3 Å². The number of carbonyl (C=O) groups excluding carboxylic acids is 1. The number of hydrogen-bond acceptors (Lipinski definition) is 5. The van der Waals surface area contributed by atoms with Crippen LogP contribution in [0.2, 0.25) is 0 Å². The average Bonchev–Trinajstić information content (AvgIpc) is 2.47. The van der Waals surface area contributed by atoms with Crippen molar-refractivity contribution in [3.8, 4) is 0 Å². The van der Waals surface area contributed by atoms with Gasteiger partial charge in [0, 0.05) is 32.4 Å². The van der Waals surface area contributed by atoms with Gasteiger partial charge in [-0.25, -0.2) is 0 Å². The summed E-state index contributed by atoms with van der Waals surface area (Å²) >= 11 is 0. The average molecular weight is 333 g/mol. The predicted octanol–water partition coefficient (Wildman–Crippen LogP) is 2.47. The molecule has 1 fully saturated rings. The van der Waals surface area contributed by atoms with Crippen molar-refractivity contribution >= 4 is 12.2 Å². The first-order valence-corrected chi connectivity index (χ1v) is 7.23. The van der Waals surface area contributed by atoms with Gasteiger partial charge in [0.15, 0.2) is 0 Å². The number of alkyl halides is 3. The Morgan fingerprint density at radius 2 is 1.83 bits per heavy atom. The maximum atomic E-state index is 12.5. The highest BCUT2D eigenvalue weighted by molar-refractivity contribution is 5.47. The highest BCUT2D eigenvalue weighted by atomic mass is 19.4. The third-order valence-electron chi connectivity index (χ3n) is 2.93. The summed E-state index contributed by atoms with van der Waals surface area (Å²) in [7, 11) is 0. The van der Waals surface area contributed by atoms with Gasteiger partial charge in [0.2, 0.25) is 0 Å². The Labute approximate surface area is 133 Å². The topological polar surface area (TPSA) is 54.5 Å². The molecule has 8 heteroatoms. The molecule has 1 N–H and O–H groups in total. The van der Waals surface area contributed by atoms with Crippen LogP contribution in [0.3, 0.4) is 0 Å². The van der Waals surface area contributed by atoms with Gasteiger partial charge >= 0.3 is 6.18 Å². The molecular weight excluding hydrogens is 311 g/mol. The molecule has 0 aromatic carbocycles. The van der Waals surface area contributed by atoms with Crippen molar-refractivity contribution in [3.63, 3.8) is 0 Å². The summed E-state index contributed by atoms with van der Waals surface area (Å²) < 4.78 is 41.9. The van der Waals surface area contributed by atoms with Crippen LogP contribution in [-0.2, 0) is 15.7 Å². The first kappa shape index (κ1) is 19.2. The molecule has 5 nitrogen and oxygen atoms in total. The van der Waals surface area contributed by atoms with E-state index in [0.717, 1.165) is 25.4 Å². The molecule has 0 saturated carbocycles. The Balaban J connectivity index is 0.000000322. The van der Waals surface area contributed by atoms with Crippen LogP contribution < -0.4 is 10.2 Å². The van der Waals surface area contributed by atoms with Crippen molar-refractivity contribution < 1.29 is 22.7 Å². The number of piperazine rings is 1. The molecule has 23 heavy (non-hydrogen) atoms. The number of rotatable bonds is 2. The van der Waals surface area contributed by atoms with Crippen LogP contribution in [0.15, 0.2) is 18.5 Å². The van der Waals surface area contributed by atoms with Gasteiger partial charge in [-0.05, 0) is 26.8 Å². The van der Waals surface area contributed by atoms with Gasteiger partial charge in [-0.2, -0.15) is 13.2 Å². The van der Waals surface area contributed by atoms with Crippen LogP contribution >= 0.6 is 0 Å². The number of carbonyl (C=O) groups is 1. The summed E-state index contributed by atoms with van der Waals surface area (Å²) in [5.74, 6) is 0. The first-order chi connectivity index (χ1) is 10.6. The summed E-state index contributed by atoms with van der Waals surface area (Å²) in [5, 5.41) is 3.15. The maximum absolute atomic E-state index is 12.5. The van der Waals surface area contributed by atoms with E-state index in [-0.39, 0.29) is 5.60 Å². The van der Waals surface area contributed by atoms with E-state index >= 15 is 0 Å². The lowest BCUT2D eigenvalue weighted by Crippen LogP contribution is -2.43. The number of nitrogens with zero attached hydrogens (tertiary/aromatic N) is 2. The zero-order valence-corrected chi connectivity index (χ0v) is 13.5. The number of ether oxygens (including phenoxy) is 1. The van der Waals surface area contributed by atoms with E-state index < -0.39 is 11.7 Å². The number of anilines is 1. The van der Waals surface area contributed by atoms with Crippen LogP contribution in [0.4, 0.5) is 18.9 Å². The molecule has 2 rings (SSSR count). The Bertz CT molecular complexity index is 495. The lowest BCUT2D eigenvalue weighted by molar-refractivity contribution is -0.139. The molecule has 1 aromatic rings. The molecule has 0 aliphatic carbocycles. The van der Waals surface area contributed by atoms with E-state index in [4.69, 9.17) is 0 Å². The zero-order valence-electron chi connectivity index (χ0n) is 13.5. The molecule has 1 aromatic heterocycles. The predicted molar refractivity (Wildman–Crippen MR) is 81.2 cm³/mol. The van der Waals surface area contributed by atoms with E-state index in [1.54, 1.807) is 0 Å². The summed E-state index contributed by atoms with van der Waals surface area (Å²) in [6, 6.07) is 1.15. The maximum Gasteiger partial charge on any atom is 0.417 e. The van der Waals surface area contributed by atoms with Crippen LogP contribution in [-0.4, -0.2) is 43.2 Å². The lowest BCUT2D eigenvalue weighted by Gasteiger charge is -2.29. The molecular formula is C15H22F3N3O2. The Morgan fingerprint density at radius 3 is 2.26 bits per heavy atom. The first-order valence-electron chi connectivity index (χ1n) is 7.23. The molecule has 0 bridgehead atoms. The number of halogens is 3. The van der Waals surface area contributed by atoms with Crippen molar-refractivity contribution in [2.24, 2.45) is 0 Å². The molecule has 0 unspecified atom stereocenters. The number of hydrogen-bond donors (Lipinski definition) is 1. The monoisotopic (exact) mass is 333 g/mol. The molecule has 0 spiro atoms. The van der Waals surface area contributed by atoms with Crippen LogP contribution in [0.1, 0.15) is 26.3 Å². The highest BCUT2D eigenvalue weighted by Gasteiger charge is 2.31. The quantitative estimate of drug-likeness (QED) is 0.843. The van der Waals surface area contributed by atoms with E-state index in [1.807, 2.05) is 25.7 Å².